The summed E-state index contributed by atoms with van der Waals surface area (Å²) >= 11 is 0. The fourth-order valence-electron chi connectivity index (χ4n) is 3.11. The number of aliphatic imine (C=N–C) groups is 2. The van der Waals surface area contributed by atoms with Crippen LogP contribution in [0.3, 0.4) is 0 Å². The molecule has 1 rings (SSSR count). The molecule has 0 radical (unpaired) electrons. The van der Waals surface area contributed by atoms with Gasteiger partial charge in [0.1, 0.15) is 0 Å². The molecule has 34 heavy (non-hydrogen) atoms. The predicted molar refractivity (Wildman–Crippen MR) is 138 cm³/mol. The van der Waals surface area contributed by atoms with Crippen molar-refractivity contribution in [2.24, 2.45) is 9.98 Å². The number of rotatable bonds is 8. The fourth-order valence-corrected chi connectivity index (χ4v) is 3.11. The van der Waals surface area contributed by atoms with Gasteiger partial charge in [0, 0.05) is 50.3 Å². The molecule has 0 aliphatic carbocycles. The number of nitrogens with one attached hydrogen (secondary N) is 2. The zero-order chi connectivity index (χ0) is 26.1. The molecular formula is C26H36F3N5. The minimum atomic E-state index is -4.32. The molecule has 1 heterocycles. The average molecular weight is 476 g/mol. The van der Waals surface area contributed by atoms with E-state index in [-0.39, 0.29) is 5.56 Å². The number of hydrogen-bond donors (Lipinski definition) is 2. The van der Waals surface area contributed by atoms with Crippen LogP contribution in [0.25, 0.3) is 12.2 Å². The van der Waals surface area contributed by atoms with E-state index in [4.69, 9.17) is 0 Å². The van der Waals surface area contributed by atoms with Crippen molar-refractivity contribution in [3.63, 3.8) is 0 Å². The van der Waals surface area contributed by atoms with Gasteiger partial charge in [-0.3, -0.25) is 4.99 Å². The van der Waals surface area contributed by atoms with Crippen LogP contribution >= 0.6 is 0 Å². The topological polar surface area (TPSA) is 55.8 Å². The van der Waals surface area contributed by atoms with E-state index in [9.17, 15) is 13.2 Å². The van der Waals surface area contributed by atoms with Crippen molar-refractivity contribution in [2.45, 2.75) is 46.2 Å². The normalized spacial score (nSPS) is 15.8. The van der Waals surface area contributed by atoms with Crippen molar-refractivity contribution < 1.29 is 13.2 Å². The summed E-state index contributed by atoms with van der Waals surface area (Å²) in [6.07, 6.45) is 7.24. The molecule has 5 nitrogen and oxygen atoms in total. The molecule has 1 atom stereocenters. The van der Waals surface area contributed by atoms with Gasteiger partial charge in [-0.2, -0.15) is 13.2 Å². The van der Waals surface area contributed by atoms with E-state index in [1.165, 1.54) is 6.20 Å². The van der Waals surface area contributed by atoms with Gasteiger partial charge in [-0.15, -0.1) is 0 Å². The van der Waals surface area contributed by atoms with Crippen LogP contribution in [0.4, 0.5) is 13.2 Å². The molecule has 1 aromatic rings. The Hall–Kier alpha value is -3.29. The molecule has 0 aliphatic rings. The lowest BCUT2D eigenvalue weighted by atomic mass is 10.0. The van der Waals surface area contributed by atoms with Crippen LogP contribution in [0.1, 0.15) is 45.6 Å². The van der Waals surface area contributed by atoms with Crippen LogP contribution in [0, 0.1) is 0 Å². The van der Waals surface area contributed by atoms with Crippen LogP contribution in [0.5, 0.6) is 0 Å². The average Bonchev–Trinajstić information content (AvgIpc) is 3.15. The number of alkyl halides is 3. The van der Waals surface area contributed by atoms with Gasteiger partial charge in [0.2, 0.25) is 5.96 Å². The van der Waals surface area contributed by atoms with E-state index in [2.05, 4.69) is 40.4 Å². The van der Waals surface area contributed by atoms with Crippen molar-refractivity contribution in [1.29, 1.82) is 0 Å². The van der Waals surface area contributed by atoms with Gasteiger partial charge in [0.15, 0.2) is 0 Å². The number of H-pyrrole nitrogens is 1. The van der Waals surface area contributed by atoms with Gasteiger partial charge in [-0.1, -0.05) is 38.3 Å². The van der Waals surface area contributed by atoms with Crippen LogP contribution in [0.2, 0.25) is 0 Å². The lowest BCUT2D eigenvalue weighted by Crippen LogP contribution is -2.31. The monoisotopic (exact) mass is 475 g/mol. The summed E-state index contributed by atoms with van der Waals surface area (Å²) < 4.78 is 39.6. The molecule has 0 aromatic carbocycles. The highest BCUT2D eigenvalue weighted by Crippen LogP contribution is 2.32. The van der Waals surface area contributed by atoms with E-state index >= 15 is 0 Å². The summed E-state index contributed by atoms with van der Waals surface area (Å²) in [7, 11) is 5.46. The highest BCUT2D eigenvalue weighted by Gasteiger charge is 2.37. The molecule has 0 bridgehead atoms. The lowest BCUT2D eigenvalue weighted by Gasteiger charge is -2.14. The molecular weight excluding hydrogens is 439 g/mol. The minimum Gasteiger partial charge on any atom is -0.383 e. The second-order valence-corrected chi connectivity index (χ2v) is 8.00. The molecule has 1 unspecified atom stereocenters. The van der Waals surface area contributed by atoms with Gasteiger partial charge < -0.3 is 15.2 Å². The van der Waals surface area contributed by atoms with Crippen LogP contribution in [-0.4, -0.2) is 48.9 Å². The second kappa shape index (κ2) is 12.8. The Morgan fingerprint density at radius 2 is 1.94 bits per heavy atom. The summed E-state index contributed by atoms with van der Waals surface area (Å²) in [5.41, 5.74) is 2.94. The molecule has 0 fully saturated rings. The fraction of sp³-hybridized carbons (Fsp3) is 0.385. The van der Waals surface area contributed by atoms with Crippen LogP contribution < -0.4 is 15.9 Å². The Labute approximate surface area is 200 Å². The zero-order valence-corrected chi connectivity index (χ0v) is 21.1. The van der Waals surface area contributed by atoms with Gasteiger partial charge in [-0.05, 0) is 55.2 Å². The number of hydrogen-bond acceptors (Lipinski definition) is 2. The molecule has 1 aromatic heterocycles. The quantitative estimate of drug-likeness (QED) is 0.323. The summed E-state index contributed by atoms with van der Waals surface area (Å²) in [6.45, 7) is 14.9. The van der Waals surface area contributed by atoms with Gasteiger partial charge in [-0.25, -0.2) is 4.99 Å². The Kier molecular flexibility index (Phi) is 10.8. The Morgan fingerprint density at radius 3 is 2.44 bits per heavy atom. The minimum absolute atomic E-state index is 0.184. The molecule has 0 aliphatic heterocycles. The first-order chi connectivity index (χ1) is 15.8. The number of nitrogens with zero attached hydrogens (tertiary/aromatic N) is 3. The van der Waals surface area contributed by atoms with E-state index in [0.29, 0.717) is 27.9 Å². The van der Waals surface area contributed by atoms with E-state index in [1.807, 2.05) is 44.3 Å². The Balaban J connectivity index is 3.20. The van der Waals surface area contributed by atoms with Crippen LogP contribution in [-0.2, 0) is 0 Å². The maximum absolute atomic E-state index is 13.2. The summed E-state index contributed by atoms with van der Waals surface area (Å²) in [4.78, 5) is 13.6. The number of aromatic amines is 1. The standard InChI is InChI=1S/C26H36F3N5/c1-10-12-13-21(16-34(8)9)18(4)20(6)33-25(30-7)32-17(3)14-24-22(11-2)23(15-31-24)19(5)26(27,28)29/h11-16,19,31H,3-4,10H2,1-2,5-9H3,(H,30,32)/b13-12+,21-16+,22-11-,24-14+,33-20?. The highest BCUT2D eigenvalue weighted by molar-refractivity contribution is 6.08. The zero-order valence-electron chi connectivity index (χ0n) is 21.1. The van der Waals surface area contributed by atoms with E-state index in [1.54, 1.807) is 26.1 Å². The number of allylic oxidation sites excluding steroid dienone is 5. The largest absolute Gasteiger partial charge is 0.395 e. The molecule has 0 spiro atoms. The third-order valence-electron chi connectivity index (χ3n) is 5.02. The smallest absolute Gasteiger partial charge is 0.383 e. The van der Waals surface area contributed by atoms with Crippen LogP contribution in [0.15, 0.2) is 64.5 Å². The van der Waals surface area contributed by atoms with Crippen molar-refractivity contribution in [3.8, 4) is 0 Å². The van der Waals surface area contributed by atoms with Gasteiger partial charge in [0.05, 0.1) is 5.92 Å². The van der Waals surface area contributed by atoms with Crippen molar-refractivity contribution >= 4 is 23.8 Å². The SMILES string of the molecule is C=C(/C=c1/[nH]cc(C(C)C(F)(F)F)/c1=C/C)NC(=NC)N=C(C)C(=C)C(/C=C/CC)=C/N(C)C. The van der Waals surface area contributed by atoms with Crippen molar-refractivity contribution in [3.05, 3.63) is 70.7 Å². The molecule has 8 heteroatoms. The van der Waals surface area contributed by atoms with Crippen molar-refractivity contribution in [2.75, 3.05) is 21.1 Å². The molecule has 0 amide bonds. The number of guanidine groups is 1. The third kappa shape index (κ3) is 8.24. The summed E-state index contributed by atoms with van der Waals surface area (Å²) in [5, 5.41) is 4.02. The summed E-state index contributed by atoms with van der Waals surface area (Å²) in [5.74, 6) is -1.28. The van der Waals surface area contributed by atoms with E-state index < -0.39 is 12.1 Å². The maximum Gasteiger partial charge on any atom is 0.395 e. The Morgan fingerprint density at radius 1 is 1.29 bits per heavy atom. The van der Waals surface area contributed by atoms with E-state index in [0.717, 1.165) is 24.5 Å². The first-order valence-corrected chi connectivity index (χ1v) is 11.0. The molecule has 0 saturated heterocycles. The van der Waals surface area contributed by atoms with Crippen molar-refractivity contribution in [1.82, 2.24) is 15.2 Å². The Bertz CT molecular complexity index is 1110. The van der Waals surface area contributed by atoms with Gasteiger partial charge in [0.25, 0.3) is 0 Å². The summed E-state index contributed by atoms with van der Waals surface area (Å²) in [6, 6.07) is 0. The predicted octanol–water partition coefficient (Wildman–Crippen LogP) is 4.78. The first kappa shape index (κ1) is 28.7. The number of aromatic nitrogens is 1. The highest BCUT2D eigenvalue weighted by atomic mass is 19.4. The van der Waals surface area contributed by atoms with Gasteiger partial charge >= 0.3 is 6.18 Å². The lowest BCUT2D eigenvalue weighted by molar-refractivity contribution is -0.146. The molecule has 186 valence electrons. The first-order valence-electron chi connectivity index (χ1n) is 11.0. The maximum atomic E-state index is 13.2. The second-order valence-electron chi connectivity index (χ2n) is 8.00. The molecule has 0 saturated carbocycles. The number of halogens is 3. The molecule has 2 N–H and O–H groups in total. The third-order valence-corrected chi connectivity index (χ3v) is 5.02.